The molecule has 0 aliphatic heterocycles. The molecule has 2 heteroatoms. The van der Waals surface area contributed by atoms with E-state index in [1.165, 1.54) is 51.0 Å². The first-order valence-electron chi connectivity index (χ1n) is 12.1. The topological polar surface area (TPSA) is 0 Å². The Morgan fingerprint density at radius 3 is 2.63 bits per heavy atom. The van der Waals surface area contributed by atoms with Crippen molar-refractivity contribution in [3.63, 3.8) is 0 Å². The van der Waals surface area contributed by atoms with Gasteiger partial charge in [0, 0.05) is 5.39 Å². The standard InChI is InChI=1S/C28H36F2/c1-3-5-7-19-9-10-22-16-23(14-12-21(22)15-19)25-17-24-13-11-20(8-6-4-2)28(30)26(24)18-27(25)29/h4,11,13,17-19,21-23H,2-3,5-10,12,14-16H2,1H3/t19?,21-,22?,23-/m1/s1. The minimum absolute atomic E-state index is 0.220. The van der Waals surface area contributed by atoms with Crippen molar-refractivity contribution in [2.24, 2.45) is 17.8 Å². The van der Waals surface area contributed by atoms with E-state index in [0.717, 1.165) is 48.0 Å². The fourth-order valence-electron chi connectivity index (χ4n) is 6.16. The Bertz CT molecular complexity index is 884. The summed E-state index contributed by atoms with van der Waals surface area (Å²) < 4.78 is 30.0. The lowest BCUT2D eigenvalue weighted by Gasteiger charge is -2.42. The summed E-state index contributed by atoms with van der Waals surface area (Å²) in [5.74, 6) is 2.29. The number of halogens is 2. The maximum atomic E-state index is 15.1. The SMILES string of the molecule is C=CCCc1ccc2cc([C@@H]3CC[C@@H]4CC(CCCC)CCC4C3)c(F)cc2c1F. The van der Waals surface area contributed by atoms with Gasteiger partial charge >= 0.3 is 0 Å². The zero-order valence-corrected chi connectivity index (χ0v) is 18.4. The highest BCUT2D eigenvalue weighted by Gasteiger charge is 2.36. The van der Waals surface area contributed by atoms with Gasteiger partial charge in [0.05, 0.1) is 0 Å². The number of hydrogen-bond donors (Lipinski definition) is 0. The van der Waals surface area contributed by atoms with Crippen molar-refractivity contribution in [2.45, 2.75) is 83.5 Å². The Morgan fingerprint density at radius 2 is 1.83 bits per heavy atom. The van der Waals surface area contributed by atoms with Crippen molar-refractivity contribution in [1.29, 1.82) is 0 Å². The molecule has 0 spiro atoms. The van der Waals surface area contributed by atoms with Crippen LogP contribution in [0.5, 0.6) is 0 Å². The average molecular weight is 411 g/mol. The van der Waals surface area contributed by atoms with Crippen LogP contribution in [0.2, 0.25) is 0 Å². The molecule has 0 bridgehead atoms. The molecule has 2 aliphatic carbocycles. The normalized spacial score (nSPS) is 26.5. The summed E-state index contributed by atoms with van der Waals surface area (Å²) in [7, 11) is 0. The number of allylic oxidation sites excluding steroid dienone is 1. The van der Waals surface area contributed by atoms with Crippen molar-refractivity contribution in [3.8, 4) is 0 Å². The van der Waals surface area contributed by atoms with Gasteiger partial charge in [-0.3, -0.25) is 0 Å². The van der Waals surface area contributed by atoms with Gasteiger partial charge in [-0.25, -0.2) is 8.78 Å². The van der Waals surface area contributed by atoms with E-state index in [0.29, 0.717) is 17.4 Å². The molecule has 2 unspecified atom stereocenters. The van der Waals surface area contributed by atoms with Gasteiger partial charge < -0.3 is 0 Å². The number of fused-ring (bicyclic) bond motifs is 2. The summed E-state index contributed by atoms with van der Waals surface area (Å²) >= 11 is 0. The highest BCUT2D eigenvalue weighted by molar-refractivity contribution is 5.85. The summed E-state index contributed by atoms with van der Waals surface area (Å²) in [6.45, 7) is 5.99. The Kier molecular flexibility index (Phi) is 6.91. The molecular weight excluding hydrogens is 374 g/mol. The molecule has 4 rings (SSSR count). The second-order valence-corrected chi connectivity index (χ2v) is 9.81. The molecule has 30 heavy (non-hydrogen) atoms. The largest absolute Gasteiger partial charge is 0.207 e. The lowest BCUT2D eigenvalue weighted by atomic mass is 9.63. The van der Waals surface area contributed by atoms with E-state index < -0.39 is 0 Å². The fraction of sp³-hybridized carbons (Fsp3) is 0.571. The quantitative estimate of drug-likeness (QED) is 0.400. The van der Waals surface area contributed by atoms with Crippen molar-refractivity contribution >= 4 is 10.8 Å². The third-order valence-electron chi connectivity index (χ3n) is 7.90. The molecule has 162 valence electrons. The molecule has 2 fully saturated rings. The molecule has 0 heterocycles. The lowest BCUT2D eigenvalue weighted by Crippen LogP contribution is -2.30. The number of hydrogen-bond acceptors (Lipinski definition) is 0. The van der Waals surface area contributed by atoms with Gasteiger partial charge in [-0.15, -0.1) is 6.58 Å². The van der Waals surface area contributed by atoms with Gasteiger partial charge in [-0.2, -0.15) is 0 Å². The first kappa shape index (κ1) is 21.5. The van der Waals surface area contributed by atoms with Crippen LogP contribution in [0.15, 0.2) is 36.9 Å². The Morgan fingerprint density at radius 1 is 1.03 bits per heavy atom. The van der Waals surface area contributed by atoms with Crippen molar-refractivity contribution in [1.82, 2.24) is 0 Å². The maximum absolute atomic E-state index is 15.1. The fourth-order valence-corrected chi connectivity index (χ4v) is 6.16. The van der Waals surface area contributed by atoms with E-state index in [9.17, 15) is 4.39 Å². The summed E-state index contributed by atoms with van der Waals surface area (Å²) in [6, 6.07) is 7.20. The molecule has 0 N–H and O–H groups in total. The van der Waals surface area contributed by atoms with Crippen LogP contribution in [0, 0.1) is 29.4 Å². The van der Waals surface area contributed by atoms with E-state index in [1.807, 2.05) is 18.2 Å². The van der Waals surface area contributed by atoms with Crippen LogP contribution in [-0.2, 0) is 6.42 Å². The molecule has 0 amide bonds. The summed E-state index contributed by atoms with van der Waals surface area (Å²) in [5, 5.41) is 1.25. The molecule has 0 aromatic heterocycles. The van der Waals surface area contributed by atoms with Gasteiger partial charge in [-0.05, 0) is 97.3 Å². The summed E-state index contributed by atoms with van der Waals surface area (Å²) in [4.78, 5) is 0. The first-order valence-corrected chi connectivity index (χ1v) is 12.1. The van der Waals surface area contributed by atoms with E-state index >= 15 is 4.39 Å². The highest BCUT2D eigenvalue weighted by Crippen LogP contribution is 2.49. The monoisotopic (exact) mass is 410 g/mol. The molecule has 2 saturated carbocycles. The van der Waals surface area contributed by atoms with Crippen molar-refractivity contribution in [2.75, 3.05) is 0 Å². The van der Waals surface area contributed by atoms with Crippen LogP contribution in [0.1, 0.15) is 88.2 Å². The first-order chi connectivity index (χ1) is 14.6. The average Bonchev–Trinajstić information content (AvgIpc) is 2.77. The number of benzene rings is 2. The molecule has 2 aliphatic rings. The van der Waals surface area contributed by atoms with Crippen LogP contribution >= 0.6 is 0 Å². The van der Waals surface area contributed by atoms with Crippen molar-refractivity contribution in [3.05, 3.63) is 59.7 Å². The van der Waals surface area contributed by atoms with E-state index in [4.69, 9.17) is 0 Å². The molecule has 0 nitrogen and oxygen atoms in total. The third-order valence-corrected chi connectivity index (χ3v) is 7.90. The second kappa shape index (κ2) is 9.62. The predicted molar refractivity (Wildman–Crippen MR) is 123 cm³/mol. The smallest absolute Gasteiger partial charge is 0.134 e. The molecule has 2 aromatic rings. The van der Waals surface area contributed by atoms with Crippen LogP contribution in [0.25, 0.3) is 10.8 Å². The van der Waals surface area contributed by atoms with E-state index in [1.54, 1.807) is 6.08 Å². The minimum atomic E-state index is -0.270. The molecule has 0 radical (unpaired) electrons. The number of aryl methyl sites for hydroxylation is 1. The summed E-state index contributed by atoms with van der Waals surface area (Å²) in [6.07, 6.45) is 14.6. The van der Waals surface area contributed by atoms with Crippen LogP contribution < -0.4 is 0 Å². The van der Waals surface area contributed by atoms with E-state index in [-0.39, 0.29) is 17.6 Å². The second-order valence-electron chi connectivity index (χ2n) is 9.81. The summed E-state index contributed by atoms with van der Waals surface area (Å²) in [5.41, 5.74) is 1.46. The molecular formula is C28H36F2. The van der Waals surface area contributed by atoms with Crippen molar-refractivity contribution < 1.29 is 8.78 Å². The van der Waals surface area contributed by atoms with E-state index in [2.05, 4.69) is 13.5 Å². The van der Waals surface area contributed by atoms with Crippen LogP contribution in [0.4, 0.5) is 8.78 Å². The number of rotatable bonds is 7. The lowest BCUT2D eigenvalue weighted by molar-refractivity contribution is 0.112. The van der Waals surface area contributed by atoms with Gasteiger partial charge in [-0.1, -0.05) is 50.8 Å². The van der Waals surface area contributed by atoms with Gasteiger partial charge in [0.25, 0.3) is 0 Å². The maximum Gasteiger partial charge on any atom is 0.134 e. The highest BCUT2D eigenvalue weighted by atomic mass is 19.1. The van der Waals surface area contributed by atoms with Gasteiger partial charge in [0.2, 0.25) is 0 Å². The van der Waals surface area contributed by atoms with Crippen LogP contribution in [0.3, 0.4) is 0 Å². The Hall–Kier alpha value is -1.70. The third kappa shape index (κ3) is 4.48. The van der Waals surface area contributed by atoms with Crippen LogP contribution in [-0.4, -0.2) is 0 Å². The Labute approximate surface area is 180 Å². The van der Waals surface area contributed by atoms with Gasteiger partial charge in [0.1, 0.15) is 11.6 Å². The minimum Gasteiger partial charge on any atom is -0.207 e. The zero-order chi connectivity index (χ0) is 21.1. The number of unbranched alkanes of at least 4 members (excludes halogenated alkanes) is 1. The Balaban J connectivity index is 1.50. The molecule has 4 atom stereocenters. The van der Waals surface area contributed by atoms with Gasteiger partial charge in [0.15, 0.2) is 0 Å². The molecule has 2 aromatic carbocycles. The zero-order valence-electron chi connectivity index (χ0n) is 18.4. The molecule has 0 saturated heterocycles. The predicted octanol–water partition coefficient (Wildman–Crippen LogP) is 8.73.